The molecule has 1 aromatic carbocycles. The molecule has 0 aliphatic carbocycles. The van der Waals surface area contributed by atoms with E-state index in [1.165, 1.54) is 36.6 Å². The highest BCUT2D eigenvalue weighted by Gasteiger charge is 2.38. The van der Waals surface area contributed by atoms with Crippen molar-refractivity contribution in [3.8, 4) is 11.5 Å². The first kappa shape index (κ1) is 19.8. The number of benzene rings is 1. The zero-order chi connectivity index (χ0) is 20.1. The second-order valence-corrected chi connectivity index (χ2v) is 5.91. The Balaban J connectivity index is 1.89. The fourth-order valence-electron chi connectivity index (χ4n) is 2.60. The van der Waals surface area contributed by atoms with E-state index in [4.69, 9.17) is 9.15 Å². The summed E-state index contributed by atoms with van der Waals surface area (Å²) in [4.78, 5) is 20.0. The molecule has 3 rings (SSSR count). The summed E-state index contributed by atoms with van der Waals surface area (Å²) in [6.07, 6.45) is -2.82. The Hall–Kier alpha value is -2.94. The predicted octanol–water partition coefficient (Wildman–Crippen LogP) is 4.07. The van der Waals surface area contributed by atoms with Gasteiger partial charge in [-0.1, -0.05) is 0 Å². The monoisotopic (exact) mass is 393 g/mol. The Bertz CT molecular complexity index is 956. The first-order valence-corrected chi connectivity index (χ1v) is 8.69. The van der Waals surface area contributed by atoms with Crippen LogP contribution in [0.25, 0.3) is 22.5 Å². The van der Waals surface area contributed by atoms with Crippen LogP contribution in [0.2, 0.25) is 0 Å². The fraction of sp³-hybridized carbons (Fsp3) is 0.316. The van der Waals surface area contributed by atoms with Crippen molar-refractivity contribution in [3.63, 3.8) is 0 Å². The molecule has 0 bridgehead atoms. The van der Waals surface area contributed by atoms with Crippen molar-refractivity contribution >= 4 is 16.9 Å². The number of halogens is 3. The number of ether oxygens (including phenoxy) is 1. The number of hydrogen-bond acceptors (Lipinski definition) is 5. The van der Waals surface area contributed by atoms with Gasteiger partial charge in [0.25, 0.3) is 5.91 Å². The quantitative estimate of drug-likeness (QED) is 0.613. The number of carbonyl (C=O) groups excluding carboxylic acids is 1. The molecule has 0 unspecified atom stereocenters. The van der Waals surface area contributed by atoms with Crippen molar-refractivity contribution < 1.29 is 27.1 Å². The summed E-state index contributed by atoms with van der Waals surface area (Å²) in [6.45, 7) is 3.39. The van der Waals surface area contributed by atoms with E-state index >= 15 is 0 Å². The van der Waals surface area contributed by atoms with Crippen LogP contribution in [-0.4, -0.2) is 35.6 Å². The Labute approximate surface area is 158 Å². The highest BCUT2D eigenvalue weighted by Crippen LogP contribution is 2.36. The molecule has 9 heteroatoms. The third kappa shape index (κ3) is 4.48. The molecule has 148 valence electrons. The van der Waals surface area contributed by atoms with Crippen LogP contribution in [0.5, 0.6) is 0 Å². The maximum Gasteiger partial charge on any atom is 0.435 e. The van der Waals surface area contributed by atoms with Gasteiger partial charge in [0, 0.05) is 25.3 Å². The van der Waals surface area contributed by atoms with Crippen LogP contribution in [0, 0.1) is 0 Å². The fourth-order valence-corrected chi connectivity index (χ4v) is 2.60. The van der Waals surface area contributed by atoms with Crippen molar-refractivity contribution in [2.45, 2.75) is 19.5 Å². The summed E-state index contributed by atoms with van der Waals surface area (Å²) in [6, 6.07) is 7.11. The molecule has 0 spiro atoms. The second kappa shape index (κ2) is 8.39. The van der Waals surface area contributed by atoms with E-state index in [-0.39, 0.29) is 22.4 Å². The number of rotatable bonds is 7. The van der Waals surface area contributed by atoms with E-state index < -0.39 is 23.5 Å². The minimum absolute atomic E-state index is 0.0235. The van der Waals surface area contributed by atoms with Gasteiger partial charge in [0.15, 0.2) is 11.5 Å². The molecule has 2 heterocycles. The van der Waals surface area contributed by atoms with Crippen LogP contribution >= 0.6 is 0 Å². The number of fused-ring (bicyclic) bond motifs is 1. The van der Waals surface area contributed by atoms with Crippen LogP contribution in [-0.2, 0) is 10.9 Å². The van der Waals surface area contributed by atoms with Gasteiger partial charge in [-0.15, -0.1) is 0 Å². The van der Waals surface area contributed by atoms with Crippen molar-refractivity contribution in [2.24, 2.45) is 0 Å². The Morgan fingerprint density at radius 3 is 2.71 bits per heavy atom. The van der Waals surface area contributed by atoms with E-state index in [1.54, 1.807) is 0 Å². The normalized spacial score (nSPS) is 11.7. The summed E-state index contributed by atoms with van der Waals surface area (Å²) >= 11 is 0. The summed E-state index contributed by atoms with van der Waals surface area (Å²) < 4.78 is 50.6. The zero-order valence-electron chi connectivity index (χ0n) is 15.0. The molecule has 6 nitrogen and oxygen atoms in total. The van der Waals surface area contributed by atoms with Gasteiger partial charge in [-0.25, -0.2) is 9.97 Å². The van der Waals surface area contributed by atoms with Gasteiger partial charge >= 0.3 is 6.18 Å². The zero-order valence-corrected chi connectivity index (χ0v) is 15.0. The molecule has 2 aromatic heterocycles. The summed E-state index contributed by atoms with van der Waals surface area (Å²) in [5, 5.41) is 2.70. The van der Waals surface area contributed by atoms with E-state index in [9.17, 15) is 18.0 Å². The van der Waals surface area contributed by atoms with Crippen molar-refractivity contribution in [2.75, 3.05) is 19.8 Å². The van der Waals surface area contributed by atoms with Gasteiger partial charge < -0.3 is 14.5 Å². The van der Waals surface area contributed by atoms with E-state index in [1.807, 2.05) is 6.92 Å². The smallest absolute Gasteiger partial charge is 0.435 e. The number of nitrogens with one attached hydrogen (secondary N) is 1. The van der Waals surface area contributed by atoms with Crippen LogP contribution in [0.4, 0.5) is 13.2 Å². The van der Waals surface area contributed by atoms with Gasteiger partial charge in [0.2, 0.25) is 0 Å². The number of aromatic nitrogens is 2. The summed E-state index contributed by atoms with van der Waals surface area (Å²) in [7, 11) is 0. The number of amides is 1. The minimum Gasteiger partial charge on any atom is -0.463 e. The van der Waals surface area contributed by atoms with E-state index in [0.29, 0.717) is 26.2 Å². The highest BCUT2D eigenvalue weighted by atomic mass is 19.4. The molecular formula is C19H18F3N3O3. The topological polar surface area (TPSA) is 77.2 Å². The van der Waals surface area contributed by atoms with Crippen LogP contribution in [0.1, 0.15) is 29.4 Å². The van der Waals surface area contributed by atoms with Crippen molar-refractivity contribution in [3.05, 3.63) is 47.9 Å². The molecule has 0 saturated carbocycles. The Morgan fingerprint density at radius 2 is 2.04 bits per heavy atom. The van der Waals surface area contributed by atoms with Gasteiger partial charge in [-0.3, -0.25) is 4.79 Å². The third-order valence-electron chi connectivity index (χ3n) is 3.90. The standard InChI is InChI=1S/C19H18F3N3O3/c1-2-27-9-4-8-23-18(26)12-6-7-13-14(11-12)25-17(19(20,21)22)16(24-13)15-5-3-10-28-15/h3,5-7,10-11H,2,4,8-9H2,1H3,(H,23,26). The van der Waals surface area contributed by atoms with Gasteiger partial charge in [0.1, 0.15) is 5.69 Å². The molecule has 0 aliphatic heterocycles. The molecular weight excluding hydrogens is 375 g/mol. The average molecular weight is 393 g/mol. The summed E-state index contributed by atoms with van der Waals surface area (Å²) in [5.74, 6) is -0.429. The first-order chi connectivity index (χ1) is 13.4. The lowest BCUT2D eigenvalue weighted by molar-refractivity contribution is -0.140. The Kier molecular flexibility index (Phi) is 5.93. The third-order valence-corrected chi connectivity index (χ3v) is 3.90. The minimum atomic E-state index is -4.72. The van der Waals surface area contributed by atoms with Crippen LogP contribution < -0.4 is 5.32 Å². The van der Waals surface area contributed by atoms with Crippen molar-refractivity contribution in [1.29, 1.82) is 0 Å². The SMILES string of the molecule is CCOCCCNC(=O)c1ccc2nc(-c3ccco3)c(C(F)(F)F)nc2c1. The molecule has 3 aromatic rings. The Morgan fingerprint density at radius 1 is 1.21 bits per heavy atom. The second-order valence-electron chi connectivity index (χ2n) is 5.91. The van der Waals surface area contributed by atoms with Gasteiger partial charge in [-0.2, -0.15) is 13.2 Å². The molecule has 1 amide bonds. The van der Waals surface area contributed by atoms with Gasteiger partial charge in [0.05, 0.1) is 17.3 Å². The lowest BCUT2D eigenvalue weighted by Crippen LogP contribution is -2.25. The highest BCUT2D eigenvalue weighted by molar-refractivity contribution is 5.97. The largest absolute Gasteiger partial charge is 0.463 e. The first-order valence-electron chi connectivity index (χ1n) is 8.69. The van der Waals surface area contributed by atoms with E-state index in [2.05, 4.69) is 15.3 Å². The van der Waals surface area contributed by atoms with Gasteiger partial charge in [-0.05, 0) is 43.7 Å². The van der Waals surface area contributed by atoms with E-state index in [0.717, 1.165) is 0 Å². The van der Waals surface area contributed by atoms with Crippen molar-refractivity contribution in [1.82, 2.24) is 15.3 Å². The maximum atomic E-state index is 13.5. The lowest BCUT2D eigenvalue weighted by atomic mass is 10.1. The number of furan rings is 1. The molecule has 0 saturated heterocycles. The molecule has 28 heavy (non-hydrogen) atoms. The maximum absolute atomic E-state index is 13.5. The predicted molar refractivity (Wildman–Crippen MR) is 95.7 cm³/mol. The molecule has 0 fully saturated rings. The number of alkyl halides is 3. The average Bonchev–Trinajstić information content (AvgIpc) is 3.20. The molecule has 0 atom stereocenters. The van der Waals surface area contributed by atoms with Crippen LogP contribution in [0.3, 0.4) is 0 Å². The van der Waals surface area contributed by atoms with Crippen LogP contribution in [0.15, 0.2) is 41.0 Å². The molecule has 1 N–H and O–H groups in total. The number of hydrogen-bond donors (Lipinski definition) is 1. The molecule has 0 aliphatic rings. The molecule has 0 radical (unpaired) electrons. The number of carbonyl (C=O) groups is 1. The number of nitrogens with zero attached hydrogens (tertiary/aromatic N) is 2. The summed E-state index contributed by atoms with van der Waals surface area (Å²) in [5.41, 5.74) is -1.14. The lowest BCUT2D eigenvalue weighted by Gasteiger charge is -2.12.